The summed E-state index contributed by atoms with van der Waals surface area (Å²) in [5.41, 5.74) is 7.21. The van der Waals surface area contributed by atoms with Crippen LogP contribution >= 0.6 is 0 Å². The van der Waals surface area contributed by atoms with Crippen LogP contribution in [0.4, 0.5) is 17.6 Å². The molecule has 4 aromatic rings. The summed E-state index contributed by atoms with van der Waals surface area (Å²) in [6, 6.07) is 7.63. The molecule has 11 heteroatoms. The third-order valence-electron chi connectivity index (χ3n) is 6.36. The maximum Gasteiger partial charge on any atom is 0.408 e. The second-order valence-electron chi connectivity index (χ2n) is 8.75. The molecule has 0 aliphatic carbocycles. The van der Waals surface area contributed by atoms with E-state index in [-0.39, 0.29) is 36.0 Å². The SMILES string of the molecule is COCCc1ccc2ccc(-c3nnc4ccc(C(N5CCC(N)C5)C(F)(F)F)cn34)nc2c1F. The zero-order chi connectivity index (χ0) is 24.7. The maximum atomic E-state index is 15.1. The molecular weight excluding hydrogens is 464 g/mol. The Hall–Kier alpha value is -3.15. The maximum absolute atomic E-state index is 15.1. The van der Waals surface area contributed by atoms with Gasteiger partial charge in [-0.2, -0.15) is 13.2 Å². The molecule has 2 N–H and O–H groups in total. The summed E-state index contributed by atoms with van der Waals surface area (Å²) in [5, 5.41) is 8.82. The van der Waals surface area contributed by atoms with Crippen molar-refractivity contribution in [2.45, 2.75) is 31.1 Å². The van der Waals surface area contributed by atoms with Crippen LogP contribution in [-0.4, -0.2) is 63.5 Å². The van der Waals surface area contributed by atoms with E-state index in [9.17, 15) is 13.2 Å². The van der Waals surface area contributed by atoms with E-state index in [0.717, 1.165) is 0 Å². The summed E-state index contributed by atoms with van der Waals surface area (Å²) in [5.74, 6) is -0.233. The van der Waals surface area contributed by atoms with Crippen LogP contribution in [0.5, 0.6) is 0 Å². The molecule has 4 heterocycles. The van der Waals surface area contributed by atoms with Gasteiger partial charge in [0.05, 0.1) is 6.61 Å². The smallest absolute Gasteiger partial charge is 0.384 e. The monoisotopic (exact) mass is 488 g/mol. The Morgan fingerprint density at radius 2 is 1.94 bits per heavy atom. The second kappa shape index (κ2) is 9.14. The van der Waals surface area contributed by atoms with Gasteiger partial charge in [0.1, 0.15) is 17.3 Å². The number of nitrogens with zero attached hydrogens (tertiary/aromatic N) is 5. The van der Waals surface area contributed by atoms with Gasteiger partial charge in [-0.1, -0.05) is 24.3 Å². The number of nitrogens with two attached hydrogens (primary N) is 1. The number of alkyl halides is 3. The minimum absolute atomic E-state index is 0.0500. The summed E-state index contributed by atoms with van der Waals surface area (Å²) in [7, 11) is 1.54. The molecule has 0 saturated carbocycles. The van der Waals surface area contributed by atoms with Crippen LogP contribution in [0.15, 0.2) is 42.6 Å². The number of rotatable bonds is 6. The largest absolute Gasteiger partial charge is 0.408 e. The highest BCUT2D eigenvalue weighted by atomic mass is 19.4. The number of pyridine rings is 2. The number of fused-ring (bicyclic) bond motifs is 2. The van der Waals surface area contributed by atoms with Crippen LogP contribution in [0.25, 0.3) is 28.1 Å². The molecule has 1 fully saturated rings. The van der Waals surface area contributed by atoms with Gasteiger partial charge in [0.2, 0.25) is 0 Å². The molecule has 0 spiro atoms. The van der Waals surface area contributed by atoms with Gasteiger partial charge in [0.25, 0.3) is 0 Å². The molecule has 2 atom stereocenters. The molecule has 184 valence electrons. The molecule has 3 aromatic heterocycles. The van der Waals surface area contributed by atoms with Crippen molar-refractivity contribution in [2.75, 3.05) is 26.8 Å². The Balaban J connectivity index is 1.58. The minimum atomic E-state index is -4.49. The lowest BCUT2D eigenvalue weighted by atomic mass is 10.1. The zero-order valence-electron chi connectivity index (χ0n) is 19.0. The van der Waals surface area contributed by atoms with Crippen LogP contribution in [0, 0.1) is 5.82 Å². The Labute approximate surface area is 198 Å². The van der Waals surface area contributed by atoms with Crippen molar-refractivity contribution >= 4 is 16.6 Å². The number of hydrogen-bond donors (Lipinski definition) is 1. The average Bonchev–Trinajstić information content (AvgIpc) is 3.44. The number of aromatic nitrogens is 4. The van der Waals surface area contributed by atoms with E-state index in [2.05, 4.69) is 15.2 Å². The van der Waals surface area contributed by atoms with E-state index in [4.69, 9.17) is 10.5 Å². The van der Waals surface area contributed by atoms with E-state index in [1.165, 1.54) is 27.6 Å². The van der Waals surface area contributed by atoms with Crippen molar-refractivity contribution in [3.05, 3.63) is 59.5 Å². The normalized spacial score (nSPS) is 18.1. The highest BCUT2D eigenvalue weighted by molar-refractivity contribution is 5.82. The van der Waals surface area contributed by atoms with Crippen molar-refractivity contribution in [2.24, 2.45) is 5.73 Å². The molecule has 35 heavy (non-hydrogen) atoms. The molecule has 2 unspecified atom stereocenters. The van der Waals surface area contributed by atoms with E-state index >= 15 is 4.39 Å². The second-order valence-corrected chi connectivity index (χ2v) is 8.75. The van der Waals surface area contributed by atoms with Gasteiger partial charge in [-0.05, 0) is 36.1 Å². The molecule has 1 saturated heterocycles. The molecule has 0 bridgehead atoms. The first-order valence-electron chi connectivity index (χ1n) is 11.2. The summed E-state index contributed by atoms with van der Waals surface area (Å²) >= 11 is 0. The zero-order valence-corrected chi connectivity index (χ0v) is 19.0. The first-order valence-corrected chi connectivity index (χ1v) is 11.2. The first-order chi connectivity index (χ1) is 16.8. The summed E-state index contributed by atoms with van der Waals surface area (Å²) in [4.78, 5) is 5.81. The first kappa shape index (κ1) is 23.6. The van der Waals surface area contributed by atoms with E-state index in [1.807, 2.05) is 0 Å². The van der Waals surface area contributed by atoms with Crippen LogP contribution < -0.4 is 5.73 Å². The number of hydrogen-bond acceptors (Lipinski definition) is 6. The van der Waals surface area contributed by atoms with E-state index in [0.29, 0.717) is 41.7 Å². The summed E-state index contributed by atoms with van der Waals surface area (Å²) in [6.07, 6.45) is -2.22. The van der Waals surface area contributed by atoms with Gasteiger partial charge in [-0.25, -0.2) is 9.37 Å². The number of likely N-dealkylation sites (tertiary alicyclic amines) is 1. The Morgan fingerprint density at radius 1 is 1.14 bits per heavy atom. The fourth-order valence-corrected chi connectivity index (χ4v) is 4.63. The number of benzene rings is 1. The van der Waals surface area contributed by atoms with Gasteiger partial charge >= 0.3 is 6.18 Å². The lowest BCUT2D eigenvalue weighted by molar-refractivity contribution is -0.183. The van der Waals surface area contributed by atoms with Crippen molar-refractivity contribution in [1.29, 1.82) is 0 Å². The van der Waals surface area contributed by atoms with Crippen LogP contribution in [0.3, 0.4) is 0 Å². The van der Waals surface area contributed by atoms with E-state index < -0.39 is 18.0 Å². The predicted molar refractivity (Wildman–Crippen MR) is 122 cm³/mol. The Kier molecular flexibility index (Phi) is 6.16. The van der Waals surface area contributed by atoms with Crippen LogP contribution in [-0.2, 0) is 11.2 Å². The standard InChI is InChI=1S/C24H24F4N6O/c1-35-11-9-14-2-3-15-4-6-18(30-21(15)20(14)25)23-32-31-19-7-5-16(12-34(19)23)22(24(26,27)28)33-10-8-17(29)13-33/h2-7,12,17,22H,8-11,13,29H2,1H3. The fourth-order valence-electron chi connectivity index (χ4n) is 4.63. The number of ether oxygens (including phenoxy) is 1. The molecule has 0 amide bonds. The van der Waals surface area contributed by atoms with Crippen LogP contribution in [0.1, 0.15) is 23.6 Å². The molecule has 0 radical (unpaired) electrons. The third kappa shape index (κ3) is 4.46. The molecule has 1 aliphatic rings. The molecular formula is C24H24F4N6O. The van der Waals surface area contributed by atoms with Gasteiger partial charge in [-0.15, -0.1) is 10.2 Å². The molecule has 7 nitrogen and oxygen atoms in total. The lowest BCUT2D eigenvalue weighted by Gasteiger charge is -2.30. The summed E-state index contributed by atoms with van der Waals surface area (Å²) < 4.78 is 63.9. The van der Waals surface area contributed by atoms with Gasteiger partial charge < -0.3 is 10.5 Å². The van der Waals surface area contributed by atoms with Gasteiger partial charge in [0.15, 0.2) is 17.3 Å². The quantitative estimate of drug-likeness (QED) is 0.415. The highest BCUT2D eigenvalue weighted by Crippen LogP contribution is 2.39. The fraction of sp³-hybridized carbons (Fsp3) is 0.375. The average molecular weight is 488 g/mol. The van der Waals surface area contributed by atoms with Gasteiger partial charge in [0, 0.05) is 37.8 Å². The van der Waals surface area contributed by atoms with Crippen molar-refractivity contribution in [3.8, 4) is 11.5 Å². The topological polar surface area (TPSA) is 81.6 Å². The third-order valence-corrected chi connectivity index (χ3v) is 6.36. The Bertz CT molecular complexity index is 1370. The van der Waals surface area contributed by atoms with Crippen molar-refractivity contribution < 1.29 is 22.3 Å². The number of halogens is 4. The van der Waals surface area contributed by atoms with Crippen molar-refractivity contribution in [3.63, 3.8) is 0 Å². The van der Waals surface area contributed by atoms with Gasteiger partial charge in [-0.3, -0.25) is 9.30 Å². The molecule has 1 aromatic carbocycles. The predicted octanol–water partition coefficient (Wildman–Crippen LogP) is 3.91. The highest BCUT2D eigenvalue weighted by Gasteiger charge is 2.46. The van der Waals surface area contributed by atoms with Crippen LogP contribution in [0.2, 0.25) is 0 Å². The Morgan fingerprint density at radius 3 is 2.66 bits per heavy atom. The molecule has 1 aliphatic heterocycles. The summed E-state index contributed by atoms with van der Waals surface area (Å²) in [6.45, 7) is 0.783. The molecule has 5 rings (SSSR count). The minimum Gasteiger partial charge on any atom is -0.384 e. The number of methoxy groups -OCH3 is 1. The van der Waals surface area contributed by atoms with E-state index in [1.54, 1.807) is 31.4 Å². The lowest BCUT2D eigenvalue weighted by Crippen LogP contribution is -2.38. The van der Waals surface area contributed by atoms with Crippen molar-refractivity contribution in [1.82, 2.24) is 24.5 Å².